The third-order valence-electron chi connectivity index (χ3n) is 4.38. The first-order valence-corrected chi connectivity index (χ1v) is 8.23. The summed E-state index contributed by atoms with van der Waals surface area (Å²) in [5.74, 6) is -0.227. The lowest BCUT2D eigenvalue weighted by Gasteiger charge is -2.22. The molecule has 2 heterocycles. The Morgan fingerprint density at radius 3 is 2.65 bits per heavy atom. The predicted octanol–water partition coefficient (Wildman–Crippen LogP) is 3.88. The van der Waals surface area contributed by atoms with Gasteiger partial charge in [-0.05, 0) is 36.2 Å². The van der Waals surface area contributed by atoms with E-state index in [2.05, 4.69) is 10.1 Å². The van der Waals surface area contributed by atoms with Crippen LogP contribution in [0.4, 0.5) is 8.78 Å². The Hall–Kier alpha value is -3.09. The molecule has 4 rings (SSSR count). The fourth-order valence-electron chi connectivity index (χ4n) is 3.14. The summed E-state index contributed by atoms with van der Waals surface area (Å²) in [7, 11) is 0. The van der Waals surface area contributed by atoms with Gasteiger partial charge in [0.15, 0.2) is 0 Å². The van der Waals surface area contributed by atoms with Crippen molar-refractivity contribution in [3.63, 3.8) is 0 Å². The largest absolute Gasteiger partial charge is 0.337 e. The zero-order valence-corrected chi connectivity index (χ0v) is 13.7. The Morgan fingerprint density at radius 1 is 1.12 bits per heavy atom. The van der Waals surface area contributed by atoms with Gasteiger partial charge < -0.3 is 9.42 Å². The number of nitrogens with zero attached hydrogens (tertiary/aromatic N) is 3. The second-order valence-electron chi connectivity index (χ2n) is 6.17. The van der Waals surface area contributed by atoms with E-state index in [-0.39, 0.29) is 30.1 Å². The Bertz CT molecular complexity index is 957. The van der Waals surface area contributed by atoms with Crippen LogP contribution in [0.1, 0.15) is 30.3 Å². The van der Waals surface area contributed by atoms with Gasteiger partial charge in [-0.3, -0.25) is 4.79 Å². The quantitative estimate of drug-likeness (QED) is 0.713. The molecule has 2 aromatic carbocycles. The van der Waals surface area contributed by atoms with Crippen LogP contribution in [0.25, 0.3) is 11.4 Å². The Labute approximate surface area is 148 Å². The summed E-state index contributed by atoms with van der Waals surface area (Å²) in [5.41, 5.74) is 1.19. The van der Waals surface area contributed by atoms with Crippen LogP contribution in [0.3, 0.4) is 0 Å². The molecule has 1 fully saturated rings. The summed E-state index contributed by atoms with van der Waals surface area (Å²) < 4.78 is 32.1. The number of likely N-dealkylation sites (tertiary alicyclic amines) is 1. The highest BCUT2D eigenvalue weighted by molar-refractivity contribution is 5.78. The van der Waals surface area contributed by atoms with Crippen molar-refractivity contribution in [2.75, 3.05) is 0 Å². The zero-order valence-electron chi connectivity index (χ0n) is 13.7. The molecule has 3 aromatic rings. The highest BCUT2D eigenvalue weighted by atomic mass is 19.1. The van der Waals surface area contributed by atoms with Crippen molar-refractivity contribution in [3.05, 3.63) is 71.6 Å². The molecule has 132 valence electrons. The number of halogens is 2. The SMILES string of the molecule is O=C1CCC(c2nc(-c3cccc(F)c3)no2)N1Cc1cccc(F)c1. The van der Waals surface area contributed by atoms with Crippen molar-refractivity contribution in [1.82, 2.24) is 15.0 Å². The first-order chi connectivity index (χ1) is 12.6. The van der Waals surface area contributed by atoms with Crippen LogP contribution in [0.15, 0.2) is 53.1 Å². The topological polar surface area (TPSA) is 59.2 Å². The average Bonchev–Trinajstić information content (AvgIpc) is 3.23. The van der Waals surface area contributed by atoms with Gasteiger partial charge in [-0.25, -0.2) is 8.78 Å². The summed E-state index contributed by atoms with van der Waals surface area (Å²) in [5, 5.41) is 3.90. The predicted molar refractivity (Wildman–Crippen MR) is 88.6 cm³/mol. The van der Waals surface area contributed by atoms with Gasteiger partial charge in [0.1, 0.15) is 17.7 Å². The van der Waals surface area contributed by atoms with Crippen LogP contribution >= 0.6 is 0 Å². The molecule has 0 radical (unpaired) electrons. The van der Waals surface area contributed by atoms with Crippen LogP contribution in [0.5, 0.6) is 0 Å². The molecule has 1 aliphatic rings. The molecule has 1 aromatic heterocycles. The van der Waals surface area contributed by atoms with Gasteiger partial charge in [0.25, 0.3) is 0 Å². The highest BCUT2D eigenvalue weighted by Crippen LogP contribution is 2.34. The molecule has 26 heavy (non-hydrogen) atoms. The van der Waals surface area contributed by atoms with Gasteiger partial charge in [0.05, 0.1) is 0 Å². The molecular formula is C19H15F2N3O2. The minimum Gasteiger partial charge on any atom is -0.337 e. The average molecular weight is 355 g/mol. The van der Waals surface area contributed by atoms with Crippen LogP contribution < -0.4 is 0 Å². The lowest BCUT2D eigenvalue weighted by molar-refractivity contribution is -0.130. The fourth-order valence-corrected chi connectivity index (χ4v) is 3.14. The fraction of sp³-hybridized carbons (Fsp3) is 0.211. The maximum atomic E-state index is 13.4. The molecule has 7 heteroatoms. The maximum Gasteiger partial charge on any atom is 0.249 e. The minimum absolute atomic E-state index is 0.0511. The molecule has 1 amide bonds. The van der Waals surface area contributed by atoms with Crippen LogP contribution in [0.2, 0.25) is 0 Å². The van der Waals surface area contributed by atoms with Crippen molar-refractivity contribution in [1.29, 1.82) is 0 Å². The molecule has 0 spiro atoms. The number of carbonyl (C=O) groups excluding carboxylic acids is 1. The van der Waals surface area contributed by atoms with E-state index < -0.39 is 5.82 Å². The van der Waals surface area contributed by atoms with Gasteiger partial charge in [-0.1, -0.05) is 29.4 Å². The smallest absolute Gasteiger partial charge is 0.249 e. The first-order valence-electron chi connectivity index (χ1n) is 8.23. The summed E-state index contributed by atoms with van der Waals surface area (Å²) in [4.78, 5) is 18.2. The molecule has 1 aliphatic heterocycles. The molecule has 0 aliphatic carbocycles. The maximum absolute atomic E-state index is 13.4. The molecule has 1 unspecified atom stereocenters. The third-order valence-corrected chi connectivity index (χ3v) is 4.38. The molecule has 5 nitrogen and oxygen atoms in total. The van der Waals surface area contributed by atoms with Crippen molar-refractivity contribution in [2.45, 2.75) is 25.4 Å². The molecule has 0 saturated carbocycles. The zero-order chi connectivity index (χ0) is 18.1. The van der Waals surface area contributed by atoms with E-state index in [1.165, 1.54) is 24.3 Å². The van der Waals surface area contributed by atoms with Crippen molar-refractivity contribution in [2.24, 2.45) is 0 Å². The number of rotatable bonds is 4. The number of benzene rings is 2. The van der Waals surface area contributed by atoms with Crippen LogP contribution in [0, 0.1) is 11.6 Å². The van der Waals surface area contributed by atoms with Gasteiger partial charge in [0, 0.05) is 18.5 Å². The normalized spacial score (nSPS) is 17.1. The molecule has 1 atom stereocenters. The standard InChI is InChI=1S/C19H15F2N3O2/c20-14-5-1-3-12(9-14)11-24-16(7-8-17(24)25)19-22-18(23-26-19)13-4-2-6-15(21)10-13/h1-6,9-10,16H,7-8,11H2. The lowest BCUT2D eigenvalue weighted by atomic mass is 10.1. The lowest BCUT2D eigenvalue weighted by Crippen LogP contribution is -2.27. The number of aromatic nitrogens is 2. The molecular weight excluding hydrogens is 340 g/mol. The third kappa shape index (κ3) is 3.20. The number of amides is 1. The van der Waals surface area contributed by atoms with E-state index >= 15 is 0 Å². The summed E-state index contributed by atoms with van der Waals surface area (Å²) in [6, 6.07) is 11.6. The number of hydrogen-bond acceptors (Lipinski definition) is 4. The van der Waals surface area contributed by atoms with Crippen molar-refractivity contribution < 1.29 is 18.1 Å². The van der Waals surface area contributed by atoms with E-state index in [1.807, 2.05) is 0 Å². The van der Waals surface area contributed by atoms with E-state index in [0.29, 0.717) is 29.9 Å². The van der Waals surface area contributed by atoms with Crippen LogP contribution in [-0.2, 0) is 11.3 Å². The Balaban J connectivity index is 1.59. The van der Waals surface area contributed by atoms with E-state index in [1.54, 1.807) is 29.2 Å². The van der Waals surface area contributed by atoms with Crippen molar-refractivity contribution >= 4 is 5.91 Å². The van der Waals surface area contributed by atoms with Crippen molar-refractivity contribution in [3.8, 4) is 11.4 Å². The van der Waals surface area contributed by atoms with Crippen LogP contribution in [-0.4, -0.2) is 20.9 Å². The number of carbonyl (C=O) groups is 1. The minimum atomic E-state index is -0.391. The summed E-state index contributed by atoms with van der Waals surface area (Å²) in [6.07, 6.45) is 0.899. The number of hydrogen-bond donors (Lipinski definition) is 0. The van der Waals surface area contributed by atoms with E-state index in [0.717, 1.165) is 0 Å². The van der Waals surface area contributed by atoms with Gasteiger partial charge in [-0.15, -0.1) is 0 Å². The summed E-state index contributed by atoms with van der Waals surface area (Å²) in [6.45, 7) is 0.263. The van der Waals surface area contributed by atoms with Gasteiger partial charge in [0.2, 0.25) is 17.6 Å². The summed E-state index contributed by atoms with van der Waals surface area (Å²) >= 11 is 0. The highest BCUT2D eigenvalue weighted by Gasteiger charge is 2.36. The van der Waals surface area contributed by atoms with E-state index in [9.17, 15) is 13.6 Å². The first kappa shape index (κ1) is 16.4. The monoisotopic (exact) mass is 355 g/mol. The Morgan fingerprint density at radius 2 is 1.88 bits per heavy atom. The molecule has 0 N–H and O–H groups in total. The van der Waals surface area contributed by atoms with Gasteiger partial charge >= 0.3 is 0 Å². The molecule has 0 bridgehead atoms. The second kappa shape index (κ2) is 6.67. The molecule has 1 saturated heterocycles. The van der Waals surface area contributed by atoms with E-state index in [4.69, 9.17) is 4.52 Å². The second-order valence-corrected chi connectivity index (χ2v) is 6.17. The van der Waals surface area contributed by atoms with Gasteiger partial charge in [-0.2, -0.15) is 4.98 Å². The Kier molecular flexibility index (Phi) is 4.20.